The van der Waals surface area contributed by atoms with Gasteiger partial charge in [-0.25, -0.2) is 27.8 Å². The molecule has 0 aromatic rings. The molecular formula is C55H98N2O58P4. The summed E-state index contributed by atoms with van der Waals surface area (Å²) in [5.74, 6) is -12.6. The number of aliphatic carboxylic acids is 2. The van der Waals surface area contributed by atoms with E-state index in [-0.39, 0.29) is 0 Å². The van der Waals surface area contributed by atoms with Crippen LogP contribution in [-0.4, -0.2) is 494 Å². The number of ether oxygens (including phenoxy) is 15. The molecule has 8 rings (SSSR count). The van der Waals surface area contributed by atoms with Crippen LogP contribution in [0.15, 0.2) is 0 Å². The standard InChI is InChI=1S/C55H98N2O58P4/c56-21-26(72)25(71)19(101-47(21)115-119(94,95)96)9-98-46-22(57)27(73)40(112-116(85,86)87)20(102-46)10-99-54(52(81)82)2-17(109-55(53(83)84)1-11(63)23(69)36(110-55)13(65)4-59)41(39(111-54)15(67)6-61)106-50-33(79)42(44(113-117(88,89)90)37(104-50)14(66)5-60)108-51-34(80)43(107-49-32(78)28(74)24(70)18(7-62)100-49)45(114-118(91,92)93)38(105-51)16(68)8-97-48-31(77)29(75)30(76)35(103-48)12(64)3-58/h11-51,58-80H,1-10,56-57H2,(H,81,82)(H,83,84)(H2,85,86,87)(H2,88,89,90)(H2,91,92,93)(H2,94,95,96)/t11-,12?,13-,14+,15-,16+,17-,18-,19-,20-,21-,22-,23-,24-,25-,26-,27-,28+,29+,30+,31+,32-,33+,34+,35-,36-,37-,38-,39-,40-,41-,42-,43-,44-,45-,46-,47-,48+,49-,50-,51-,54-,55-/m1/s1. The molecule has 8 fully saturated rings. The molecule has 43 atom stereocenters. The van der Waals surface area contributed by atoms with Crippen LogP contribution >= 0.6 is 31.3 Å². The van der Waals surface area contributed by atoms with Crippen molar-refractivity contribution in [3.8, 4) is 0 Å². The van der Waals surface area contributed by atoms with Gasteiger partial charge in [0.05, 0.1) is 77.1 Å². The van der Waals surface area contributed by atoms with Crippen LogP contribution in [0.4, 0.5) is 0 Å². The van der Waals surface area contributed by atoms with Crippen molar-refractivity contribution in [1.82, 2.24) is 0 Å². The second-order valence-electron chi connectivity index (χ2n) is 28.3. The van der Waals surface area contributed by atoms with E-state index < -0.39 is 372 Å². The van der Waals surface area contributed by atoms with Gasteiger partial charge in [0, 0.05) is 12.8 Å². The molecule has 119 heavy (non-hydrogen) atoms. The van der Waals surface area contributed by atoms with E-state index in [0.717, 1.165) is 0 Å². The summed E-state index contributed by atoms with van der Waals surface area (Å²) in [6, 6.07) is -4.01. The normalized spacial score (nSPS) is 45.0. The lowest BCUT2D eigenvalue weighted by molar-refractivity contribution is -0.408. The van der Waals surface area contributed by atoms with Crippen molar-refractivity contribution < 1.29 is 284 Å². The maximum absolute atomic E-state index is 14.1. The van der Waals surface area contributed by atoms with E-state index in [4.69, 9.17) is 96.1 Å². The van der Waals surface area contributed by atoms with E-state index in [1.54, 1.807) is 0 Å². The Hall–Kier alpha value is -2.22. The fraction of sp³-hybridized carbons (Fsp3) is 0.964. The molecule has 0 aliphatic carbocycles. The first-order valence-electron chi connectivity index (χ1n) is 35.1. The van der Waals surface area contributed by atoms with Crippen LogP contribution in [0.3, 0.4) is 0 Å². The first kappa shape index (κ1) is 102. The Bertz CT molecular complexity index is 3440. The Morgan fingerprint density at radius 2 is 0.782 bits per heavy atom. The molecule has 8 saturated heterocycles. The summed E-state index contributed by atoms with van der Waals surface area (Å²) in [6.07, 6.45) is -104. The fourth-order valence-electron chi connectivity index (χ4n) is 13.9. The van der Waals surface area contributed by atoms with Gasteiger partial charge in [-0.2, -0.15) is 0 Å². The third kappa shape index (κ3) is 24.2. The van der Waals surface area contributed by atoms with Gasteiger partial charge in [0.25, 0.3) is 11.6 Å². The minimum Gasteiger partial charge on any atom is -0.477 e. The first-order chi connectivity index (χ1) is 55.1. The number of aliphatic hydroxyl groups is 23. The van der Waals surface area contributed by atoms with Crippen LogP contribution in [0.1, 0.15) is 12.8 Å². The Labute approximate surface area is 665 Å². The summed E-state index contributed by atoms with van der Waals surface area (Å²) in [5.41, 5.74) is 11.9. The minimum atomic E-state index is -6.32. The van der Waals surface area contributed by atoms with Gasteiger partial charge in [0.2, 0.25) is 0 Å². The SMILES string of the molecule is N[C@H]1[C@@H](OP(=O)(O)O)O[C@H](CO[C@@H]2O[C@H](CO[C@]3(C(=O)O)C[C@@H](O[C@]4(C(=O)O)C[C@@H](O)[C@@H](O)[C@@H]([C@H](O)CO)O4)[C@@H](O[C@H]4O[C@H]([C@@H](O)CO)[C@@H](OP(=O)(O)O)[C@H](O[C@H]5O[C@H]([C@@H](O)CO[C@H]6O[C@H](C(O)CO)[C@@H](O)[C@H](O)[C@@H]6O)[C@@H](OP(=O)(O)O)[C@H](O[C@H]6O[C@H](CO)[C@@H](O)[C@H](O)[C@H]6O)[C@@H]5O)[C@@H]4O)[C@@H]([C@H](O)CO)O3)[C@@H](OP(=O)(O)O)[C@H](O)[C@H]2N)[C@@H](O)[C@@H]1O. The quantitative estimate of drug-likeness (QED) is 0.0257. The number of carbonyl (C=O) groups is 2. The summed E-state index contributed by atoms with van der Waals surface area (Å²) in [7, 11) is -24.0. The predicted molar refractivity (Wildman–Crippen MR) is 352 cm³/mol. The summed E-state index contributed by atoms with van der Waals surface area (Å²) in [4.78, 5) is 109. The van der Waals surface area contributed by atoms with Crippen molar-refractivity contribution in [3.63, 3.8) is 0 Å². The van der Waals surface area contributed by atoms with Crippen LogP contribution in [-0.2, 0) is 117 Å². The Morgan fingerprint density at radius 1 is 0.370 bits per heavy atom. The number of aliphatic hydroxyl groups excluding tert-OH is 23. The molecule has 0 aromatic carbocycles. The van der Waals surface area contributed by atoms with Crippen LogP contribution in [0, 0.1) is 0 Å². The smallest absolute Gasteiger partial charge is 0.471 e. The first-order valence-corrected chi connectivity index (χ1v) is 41.3. The topological polar surface area (TPSA) is 997 Å². The average molecular weight is 1840 g/mol. The van der Waals surface area contributed by atoms with E-state index in [0.29, 0.717) is 0 Å². The van der Waals surface area contributed by atoms with E-state index in [1.165, 1.54) is 0 Å². The minimum absolute atomic E-state index is 1.15. The number of phosphoric acid groups is 4. The van der Waals surface area contributed by atoms with Crippen molar-refractivity contribution >= 4 is 43.2 Å². The number of phosphoric ester groups is 4. The molecule has 1 unspecified atom stereocenters. The molecule has 0 radical (unpaired) electrons. The van der Waals surface area contributed by atoms with E-state index in [1.807, 2.05) is 0 Å². The zero-order valence-electron chi connectivity index (χ0n) is 60.7. The van der Waals surface area contributed by atoms with Gasteiger partial charge in [-0.15, -0.1) is 0 Å². The van der Waals surface area contributed by atoms with Gasteiger partial charge >= 0.3 is 43.2 Å². The predicted octanol–water partition coefficient (Wildman–Crippen LogP) is -20.3. The van der Waals surface area contributed by atoms with E-state index in [2.05, 4.69) is 4.52 Å². The monoisotopic (exact) mass is 1840 g/mol. The largest absolute Gasteiger partial charge is 0.477 e. The molecule has 696 valence electrons. The highest BCUT2D eigenvalue weighted by Crippen LogP contribution is 2.50. The van der Waals surface area contributed by atoms with Gasteiger partial charge in [-0.3, -0.25) is 18.1 Å². The highest BCUT2D eigenvalue weighted by atomic mass is 31.2. The highest BCUT2D eigenvalue weighted by Gasteiger charge is 2.66. The van der Waals surface area contributed by atoms with Gasteiger partial charge in [0.1, 0.15) is 189 Å². The number of hydrogen-bond acceptors (Lipinski definition) is 50. The lowest BCUT2D eigenvalue weighted by Gasteiger charge is -2.53. The van der Waals surface area contributed by atoms with Crippen molar-refractivity contribution in [2.24, 2.45) is 11.5 Å². The summed E-state index contributed by atoms with van der Waals surface area (Å²) < 4.78 is 154. The Balaban J connectivity index is 1.24. The van der Waals surface area contributed by atoms with Crippen molar-refractivity contribution in [1.29, 1.82) is 0 Å². The zero-order valence-corrected chi connectivity index (χ0v) is 64.2. The van der Waals surface area contributed by atoms with Crippen LogP contribution in [0.25, 0.3) is 0 Å². The summed E-state index contributed by atoms with van der Waals surface area (Å²) >= 11 is 0. The Kier molecular flexibility index (Phi) is 35.6. The lowest BCUT2D eigenvalue weighted by atomic mass is 9.89. The highest BCUT2D eigenvalue weighted by molar-refractivity contribution is 7.47. The summed E-state index contributed by atoms with van der Waals surface area (Å²) in [5, 5.41) is 275. The number of nitrogens with two attached hydrogens (primary N) is 2. The zero-order chi connectivity index (χ0) is 89.3. The van der Waals surface area contributed by atoms with Gasteiger partial charge in [-0.05, 0) is 0 Å². The van der Waals surface area contributed by atoms with Gasteiger partial charge < -0.3 is 249 Å². The maximum Gasteiger partial charge on any atom is 0.471 e. The molecule has 37 N–H and O–H groups in total. The fourth-order valence-corrected chi connectivity index (χ4v) is 16.0. The molecule has 60 nitrogen and oxygen atoms in total. The molecule has 64 heteroatoms. The third-order valence-corrected chi connectivity index (χ3v) is 22.0. The molecule has 0 spiro atoms. The van der Waals surface area contributed by atoms with Crippen molar-refractivity contribution in [3.05, 3.63) is 0 Å². The van der Waals surface area contributed by atoms with Crippen LogP contribution in [0.2, 0.25) is 0 Å². The molecule has 0 aromatic heterocycles. The number of hydrogen-bond donors (Lipinski definition) is 35. The summed E-state index contributed by atoms with van der Waals surface area (Å²) in [6.45, 7) is -11.7. The molecule has 0 amide bonds. The molecular weight excluding hydrogens is 1740 g/mol. The van der Waals surface area contributed by atoms with E-state index in [9.17, 15) is 195 Å². The lowest BCUT2D eigenvalue weighted by Crippen LogP contribution is -2.71. The second kappa shape index (κ2) is 41.5. The van der Waals surface area contributed by atoms with Crippen molar-refractivity contribution in [2.75, 3.05) is 52.9 Å². The number of carboxylic acids is 2. The second-order valence-corrected chi connectivity index (χ2v) is 33.1. The molecule has 8 heterocycles. The van der Waals surface area contributed by atoms with Crippen molar-refractivity contribution in [2.45, 2.75) is 276 Å². The molecule has 8 aliphatic rings. The number of rotatable bonds is 37. The third-order valence-electron chi connectivity index (χ3n) is 19.9. The maximum atomic E-state index is 14.1. The molecule has 0 bridgehead atoms. The Morgan fingerprint density at radius 3 is 1.29 bits per heavy atom. The van der Waals surface area contributed by atoms with Crippen LogP contribution in [0.5, 0.6) is 0 Å². The van der Waals surface area contributed by atoms with Gasteiger partial charge in [0.15, 0.2) is 37.7 Å². The van der Waals surface area contributed by atoms with E-state index >= 15 is 0 Å². The van der Waals surface area contributed by atoms with Gasteiger partial charge in [-0.1, -0.05) is 0 Å². The average Bonchev–Trinajstić information content (AvgIpc) is 0.738. The number of carboxylic acid groups (broad SMARTS) is 2. The molecule has 0 saturated carbocycles. The van der Waals surface area contributed by atoms with Crippen LogP contribution < -0.4 is 11.5 Å². The molecule has 8 aliphatic heterocycles.